The van der Waals surface area contributed by atoms with Crippen LogP contribution >= 0.6 is 0 Å². The number of rotatable bonds is 6. The molecule has 22 heavy (non-hydrogen) atoms. The second-order valence-corrected chi connectivity index (χ2v) is 5.87. The first-order valence-electron chi connectivity index (χ1n) is 7.95. The van der Waals surface area contributed by atoms with Crippen molar-refractivity contribution in [2.45, 2.75) is 38.1 Å². The van der Waals surface area contributed by atoms with Crippen LogP contribution < -0.4 is 10.1 Å². The fourth-order valence-electron chi connectivity index (χ4n) is 2.89. The van der Waals surface area contributed by atoms with Gasteiger partial charge in [0.15, 0.2) is 0 Å². The molecule has 2 amide bonds. The molecule has 0 aromatic heterocycles. The topological polar surface area (TPSA) is 61.8 Å². The Kier molecular flexibility index (Phi) is 6.07. The molecular weight excluding hydrogens is 280 g/mol. The van der Waals surface area contributed by atoms with Gasteiger partial charge in [-0.05, 0) is 42.9 Å². The minimum atomic E-state index is -0.0570. The molecule has 1 unspecified atom stereocenters. The molecule has 2 rings (SSSR count). The summed E-state index contributed by atoms with van der Waals surface area (Å²) in [7, 11) is 1.66. The van der Waals surface area contributed by atoms with E-state index in [1.54, 1.807) is 12.0 Å². The van der Waals surface area contributed by atoms with E-state index >= 15 is 0 Å². The zero-order valence-corrected chi connectivity index (χ0v) is 13.4. The van der Waals surface area contributed by atoms with Gasteiger partial charge in [-0.2, -0.15) is 0 Å². The highest BCUT2D eigenvalue weighted by Gasteiger charge is 2.27. The van der Waals surface area contributed by atoms with Gasteiger partial charge in [-0.3, -0.25) is 0 Å². The van der Waals surface area contributed by atoms with Crippen LogP contribution in [0.1, 0.15) is 37.7 Å². The predicted molar refractivity (Wildman–Crippen MR) is 86.2 cm³/mol. The van der Waals surface area contributed by atoms with Gasteiger partial charge in [-0.1, -0.05) is 19.1 Å². The number of ether oxygens (including phenoxy) is 1. The summed E-state index contributed by atoms with van der Waals surface area (Å²) in [4.78, 5) is 13.9. The third-order valence-corrected chi connectivity index (χ3v) is 4.39. The molecule has 1 aliphatic rings. The number of hydrogen-bond acceptors (Lipinski definition) is 3. The summed E-state index contributed by atoms with van der Waals surface area (Å²) in [6.07, 6.45) is 2.75. The first-order valence-corrected chi connectivity index (χ1v) is 7.95. The van der Waals surface area contributed by atoms with Gasteiger partial charge in [-0.25, -0.2) is 4.79 Å². The maximum atomic E-state index is 12.1. The first kappa shape index (κ1) is 16.6. The molecule has 1 aromatic carbocycles. The number of carbonyl (C=O) groups excluding carboxylic acids is 1. The highest BCUT2D eigenvalue weighted by molar-refractivity contribution is 5.74. The smallest absolute Gasteiger partial charge is 0.317 e. The van der Waals surface area contributed by atoms with Gasteiger partial charge >= 0.3 is 6.03 Å². The minimum absolute atomic E-state index is 0.0148. The van der Waals surface area contributed by atoms with Crippen molar-refractivity contribution in [3.05, 3.63) is 29.8 Å². The average molecular weight is 306 g/mol. The van der Waals surface area contributed by atoms with Crippen LogP contribution in [0, 0.1) is 0 Å². The normalized spacial score (nSPS) is 19.0. The summed E-state index contributed by atoms with van der Waals surface area (Å²) in [5.41, 5.74) is 1.24. The number of hydrogen-bond donors (Lipinski definition) is 2. The summed E-state index contributed by atoms with van der Waals surface area (Å²) < 4.78 is 5.16. The number of nitrogens with zero attached hydrogens (tertiary/aromatic N) is 1. The number of likely N-dealkylation sites (tertiary alicyclic amines) is 1. The summed E-state index contributed by atoms with van der Waals surface area (Å²) in [6.45, 7) is 3.59. The van der Waals surface area contributed by atoms with E-state index in [1.807, 2.05) is 12.1 Å². The van der Waals surface area contributed by atoms with Crippen LogP contribution in [0.15, 0.2) is 24.3 Å². The van der Waals surface area contributed by atoms with Crippen molar-refractivity contribution in [2.75, 3.05) is 26.8 Å². The standard InChI is InChI=1S/C17H26N2O3/c1-13(14-5-7-16(22-2)8-6-14)9-10-18-17(21)19-11-3-4-15(19)12-20/h5-8,13,15,20H,3-4,9-12H2,1-2H3,(H,18,21)/t13?,15-/m0/s1. The average Bonchev–Trinajstić information content (AvgIpc) is 3.03. The van der Waals surface area contributed by atoms with Crippen LogP contribution in [-0.2, 0) is 0 Å². The molecule has 0 radical (unpaired) electrons. The van der Waals surface area contributed by atoms with Gasteiger partial charge in [0.25, 0.3) is 0 Å². The summed E-state index contributed by atoms with van der Waals surface area (Å²) in [5, 5.41) is 12.2. The highest BCUT2D eigenvalue weighted by atomic mass is 16.5. The van der Waals surface area contributed by atoms with E-state index in [2.05, 4.69) is 24.4 Å². The lowest BCUT2D eigenvalue weighted by Gasteiger charge is -2.23. The van der Waals surface area contributed by atoms with Crippen LogP contribution in [0.25, 0.3) is 0 Å². The molecular formula is C17H26N2O3. The van der Waals surface area contributed by atoms with Gasteiger partial charge < -0.3 is 20.1 Å². The number of amides is 2. The van der Waals surface area contributed by atoms with E-state index in [0.29, 0.717) is 12.5 Å². The van der Waals surface area contributed by atoms with E-state index < -0.39 is 0 Å². The zero-order valence-electron chi connectivity index (χ0n) is 13.4. The fraction of sp³-hybridized carbons (Fsp3) is 0.588. The molecule has 1 aliphatic heterocycles. The first-order chi connectivity index (χ1) is 10.7. The molecule has 2 N–H and O–H groups in total. The quantitative estimate of drug-likeness (QED) is 0.848. The van der Waals surface area contributed by atoms with Crippen molar-refractivity contribution >= 4 is 6.03 Å². The largest absolute Gasteiger partial charge is 0.497 e. The number of nitrogens with one attached hydrogen (secondary N) is 1. The number of aliphatic hydroxyl groups is 1. The lowest BCUT2D eigenvalue weighted by atomic mass is 9.98. The van der Waals surface area contributed by atoms with Crippen LogP contribution in [0.4, 0.5) is 4.79 Å². The van der Waals surface area contributed by atoms with Crippen molar-refractivity contribution in [2.24, 2.45) is 0 Å². The Morgan fingerprint density at radius 2 is 2.18 bits per heavy atom. The van der Waals surface area contributed by atoms with E-state index in [4.69, 9.17) is 4.74 Å². The molecule has 122 valence electrons. The van der Waals surface area contributed by atoms with Gasteiger partial charge in [0.2, 0.25) is 0 Å². The van der Waals surface area contributed by atoms with Crippen molar-refractivity contribution < 1.29 is 14.6 Å². The molecule has 0 saturated carbocycles. The number of aliphatic hydroxyl groups excluding tert-OH is 1. The molecule has 5 nitrogen and oxygen atoms in total. The molecule has 1 saturated heterocycles. The van der Waals surface area contributed by atoms with E-state index in [-0.39, 0.29) is 18.7 Å². The van der Waals surface area contributed by atoms with Crippen LogP contribution in [0.5, 0.6) is 5.75 Å². The van der Waals surface area contributed by atoms with Crippen LogP contribution in [0.2, 0.25) is 0 Å². The van der Waals surface area contributed by atoms with Gasteiger partial charge in [0.05, 0.1) is 19.8 Å². The molecule has 0 bridgehead atoms. The summed E-state index contributed by atoms with van der Waals surface area (Å²) >= 11 is 0. The number of benzene rings is 1. The second kappa shape index (κ2) is 8.03. The maximum absolute atomic E-state index is 12.1. The summed E-state index contributed by atoms with van der Waals surface area (Å²) in [5.74, 6) is 1.23. The summed E-state index contributed by atoms with van der Waals surface area (Å²) in [6, 6.07) is 7.97. The Hall–Kier alpha value is -1.75. The fourth-order valence-corrected chi connectivity index (χ4v) is 2.89. The zero-order chi connectivity index (χ0) is 15.9. The minimum Gasteiger partial charge on any atom is -0.497 e. The van der Waals surface area contributed by atoms with E-state index in [0.717, 1.165) is 31.6 Å². The number of carbonyl (C=O) groups is 1. The van der Waals surface area contributed by atoms with Gasteiger partial charge in [0, 0.05) is 13.1 Å². The molecule has 0 aliphatic carbocycles. The third-order valence-electron chi connectivity index (χ3n) is 4.39. The van der Waals surface area contributed by atoms with Crippen LogP contribution in [0.3, 0.4) is 0 Å². The molecule has 1 aromatic rings. The third kappa shape index (κ3) is 4.13. The van der Waals surface area contributed by atoms with Crippen molar-refractivity contribution in [3.63, 3.8) is 0 Å². The van der Waals surface area contributed by atoms with Crippen molar-refractivity contribution in [1.82, 2.24) is 10.2 Å². The van der Waals surface area contributed by atoms with Crippen LogP contribution in [-0.4, -0.2) is 48.9 Å². The van der Waals surface area contributed by atoms with Gasteiger partial charge in [0.1, 0.15) is 5.75 Å². The molecule has 2 atom stereocenters. The maximum Gasteiger partial charge on any atom is 0.317 e. The molecule has 1 heterocycles. The van der Waals surface area contributed by atoms with Crippen molar-refractivity contribution in [1.29, 1.82) is 0 Å². The monoisotopic (exact) mass is 306 g/mol. The Labute approximate surface area is 132 Å². The lowest BCUT2D eigenvalue weighted by molar-refractivity contribution is 0.157. The Morgan fingerprint density at radius 3 is 2.82 bits per heavy atom. The number of urea groups is 1. The Morgan fingerprint density at radius 1 is 1.45 bits per heavy atom. The number of methoxy groups -OCH3 is 1. The SMILES string of the molecule is COc1ccc(C(C)CCNC(=O)N2CCC[C@H]2CO)cc1. The lowest BCUT2D eigenvalue weighted by Crippen LogP contribution is -2.44. The second-order valence-electron chi connectivity index (χ2n) is 5.87. The van der Waals surface area contributed by atoms with Gasteiger partial charge in [-0.15, -0.1) is 0 Å². The van der Waals surface area contributed by atoms with Crippen molar-refractivity contribution in [3.8, 4) is 5.75 Å². The van der Waals surface area contributed by atoms with E-state index in [9.17, 15) is 9.90 Å². The Balaban J connectivity index is 1.76. The Bertz CT molecular complexity index is 475. The molecule has 5 heteroatoms. The molecule has 1 fully saturated rings. The van der Waals surface area contributed by atoms with E-state index in [1.165, 1.54) is 5.56 Å². The molecule has 0 spiro atoms. The highest BCUT2D eigenvalue weighted by Crippen LogP contribution is 2.21. The predicted octanol–water partition coefficient (Wildman–Crippen LogP) is 2.36.